The monoisotopic (exact) mass is 344 g/mol. The standard InChI is InChI=1S/C19H24N2O2S/c1-12-4-6-15(7-5-12)19-17(24-14(3)20-19)10-18(23)21-9-8-16(11-21)13(2)22/h4-7,13,16,22H,8-11H2,1-3H3. The molecule has 0 aliphatic carbocycles. The second kappa shape index (κ2) is 7.03. The molecule has 1 amide bonds. The summed E-state index contributed by atoms with van der Waals surface area (Å²) in [4.78, 5) is 20.2. The van der Waals surface area contributed by atoms with Gasteiger partial charge in [0.2, 0.25) is 5.91 Å². The highest BCUT2D eigenvalue weighted by Gasteiger charge is 2.29. The summed E-state index contributed by atoms with van der Waals surface area (Å²) in [6.07, 6.45) is 0.925. The molecule has 5 heteroatoms. The first kappa shape index (κ1) is 17.1. The van der Waals surface area contributed by atoms with Crippen LogP contribution in [0.15, 0.2) is 24.3 Å². The Morgan fingerprint density at radius 3 is 2.71 bits per heavy atom. The molecular weight excluding hydrogens is 320 g/mol. The minimum Gasteiger partial charge on any atom is -0.393 e. The maximum Gasteiger partial charge on any atom is 0.227 e. The van der Waals surface area contributed by atoms with Crippen molar-refractivity contribution < 1.29 is 9.90 Å². The average molecular weight is 344 g/mol. The molecule has 3 rings (SSSR count). The molecule has 2 atom stereocenters. The first-order chi connectivity index (χ1) is 11.4. The molecule has 1 fully saturated rings. The summed E-state index contributed by atoms with van der Waals surface area (Å²) in [7, 11) is 0. The lowest BCUT2D eigenvalue weighted by Crippen LogP contribution is -2.31. The van der Waals surface area contributed by atoms with Crippen molar-refractivity contribution >= 4 is 17.2 Å². The molecule has 2 aromatic rings. The number of nitrogens with zero attached hydrogens (tertiary/aromatic N) is 2. The molecule has 0 bridgehead atoms. The highest BCUT2D eigenvalue weighted by molar-refractivity contribution is 7.12. The van der Waals surface area contributed by atoms with Gasteiger partial charge in [-0.3, -0.25) is 4.79 Å². The molecule has 2 heterocycles. The second-order valence-corrected chi connectivity index (χ2v) is 7.96. The van der Waals surface area contributed by atoms with Crippen LogP contribution in [-0.2, 0) is 11.2 Å². The van der Waals surface area contributed by atoms with Gasteiger partial charge in [-0.25, -0.2) is 4.98 Å². The highest BCUT2D eigenvalue weighted by Crippen LogP contribution is 2.30. The van der Waals surface area contributed by atoms with Gasteiger partial charge in [-0.05, 0) is 27.2 Å². The van der Waals surface area contributed by atoms with E-state index in [0.29, 0.717) is 13.0 Å². The summed E-state index contributed by atoms with van der Waals surface area (Å²) in [5, 5.41) is 10.7. The van der Waals surface area contributed by atoms with Crippen LogP contribution in [0, 0.1) is 19.8 Å². The van der Waals surface area contributed by atoms with Crippen molar-refractivity contribution in [3.8, 4) is 11.3 Å². The fourth-order valence-electron chi connectivity index (χ4n) is 3.18. The van der Waals surface area contributed by atoms with Crippen molar-refractivity contribution in [2.45, 2.75) is 39.7 Å². The molecule has 0 saturated carbocycles. The van der Waals surface area contributed by atoms with Gasteiger partial charge in [0, 0.05) is 29.4 Å². The lowest BCUT2D eigenvalue weighted by atomic mass is 10.0. The molecule has 1 aromatic heterocycles. The molecule has 1 aromatic carbocycles. The lowest BCUT2D eigenvalue weighted by Gasteiger charge is -2.17. The molecule has 1 aliphatic rings. The van der Waals surface area contributed by atoms with Crippen LogP contribution < -0.4 is 0 Å². The van der Waals surface area contributed by atoms with Crippen molar-refractivity contribution in [2.75, 3.05) is 13.1 Å². The van der Waals surface area contributed by atoms with Gasteiger partial charge in [0.05, 0.1) is 23.2 Å². The minimum atomic E-state index is -0.350. The molecule has 128 valence electrons. The fourth-order valence-corrected chi connectivity index (χ4v) is 4.13. The summed E-state index contributed by atoms with van der Waals surface area (Å²) in [6, 6.07) is 8.28. The zero-order valence-corrected chi connectivity index (χ0v) is 15.3. The summed E-state index contributed by atoms with van der Waals surface area (Å²) >= 11 is 1.60. The Hall–Kier alpha value is -1.72. The van der Waals surface area contributed by atoms with E-state index in [2.05, 4.69) is 36.2 Å². The third-order valence-electron chi connectivity index (χ3n) is 4.70. The van der Waals surface area contributed by atoms with Gasteiger partial charge in [-0.2, -0.15) is 0 Å². The highest BCUT2D eigenvalue weighted by atomic mass is 32.1. The maximum absolute atomic E-state index is 12.7. The van der Waals surface area contributed by atoms with Crippen LogP contribution in [-0.4, -0.2) is 40.1 Å². The van der Waals surface area contributed by atoms with E-state index in [0.717, 1.165) is 34.1 Å². The number of carbonyl (C=O) groups excluding carboxylic acids is 1. The van der Waals surface area contributed by atoms with E-state index in [4.69, 9.17) is 0 Å². The van der Waals surface area contributed by atoms with E-state index in [1.165, 1.54) is 5.56 Å². The predicted octanol–water partition coefficient (Wildman–Crippen LogP) is 3.20. The van der Waals surface area contributed by atoms with E-state index in [1.807, 2.05) is 11.8 Å². The van der Waals surface area contributed by atoms with Crippen molar-refractivity contribution in [1.29, 1.82) is 0 Å². The van der Waals surface area contributed by atoms with E-state index < -0.39 is 0 Å². The van der Waals surface area contributed by atoms with Crippen molar-refractivity contribution in [2.24, 2.45) is 5.92 Å². The van der Waals surface area contributed by atoms with Gasteiger partial charge < -0.3 is 10.0 Å². The van der Waals surface area contributed by atoms with E-state index in [1.54, 1.807) is 18.3 Å². The molecule has 1 N–H and O–H groups in total. The lowest BCUT2D eigenvalue weighted by molar-refractivity contribution is -0.129. The second-order valence-electron chi connectivity index (χ2n) is 6.68. The smallest absolute Gasteiger partial charge is 0.227 e. The van der Waals surface area contributed by atoms with Gasteiger partial charge in [-0.15, -0.1) is 11.3 Å². The Morgan fingerprint density at radius 1 is 1.38 bits per heavy atom. The summed E-state index contributed by atoms with van der Waals surface area (Å²) in [5.41, 5.74) is 3.21. The SMILES string of the molecule is Cc1ccc(-c2nc(C)sc2CC(=O)N2CCC(C(C)O)C2)cc1. The summed E-state index contributed by atoms with van der Waals surface area (Å²) in [5.74, 6) is 0.337. The number of aryl methyl sites for hydroxylation is 2. The Labute approximate surface area is 147 Å². The number of aliphatic hydroxyl groups is 1. The molecule has 1 aliphatic heterocycles. The molecule has 4 nitrogen and oxygen atoms in total. The number of aromatic nitrogens is 1. The first-order valence-electron chi connectivity index (χ1n) is 8.43. The first-order valence-corrected chi connectivity index (χ1v) is 9.25. The van der Waals surface area contributed by atoms with Gasteiger partial charge in [0.15, 0.2) is 0 Å². The quantitative estimate of drug-likeness (QED) is 0.927. The maximum atomic E-state index is 12.7. The molecular formula is C19H24N2O2S. The predicted molar refractivity (Wildman–Crippen MR) is 97.1 cm³/mol. The number of aliphatic hydroxyl groups excluding tert-OH is 1. The van der Waals surface area contributed by atoms with Crippen LogP contribution in [0.3, 0.4) is 0 Å². The zero-order chi connectivity index (χ0) is 17.3. The van der Waals surface area contributed by atoms with Gasteiger partial charge in [0.1, 0.15) is 0 Å². The number of carbonyl (C=O) groups is 1. The number of hydrogen-bond acceptors (Lipinski definition) is 4. The van der Waals surface area contributed by atoms with Crippen LogP contribution in [0.25, 0.3) is 11.3 Å². The van der Waals surface area contributed by atoms with E-state index in [-0.39, 0.29) is 17.9 Å². The number of thiazole rings is 1. The molecule has 1 saturated heterocycles. The third kappa shape index (κ3) is 3.68. The van der Waals surface area contributed by atoms with Crippen molar-refractivity contribution in [3.63, 3.8) is 0 Å². The molecule has 24 heavy (non-hydrogen) atoms. The van der Waals surface area contributed by atoms with Crippen LogP contribution in [0.5, 0.6) is 0 Å². The van der Waals surface area contributed by atoms with Crippen LogP contribution >= 0.6 is 11.3 Å². The van der Waals surface area contributed by atoms with Crippen LogP contribution in [0.4, 0.5) is 0 Å². The van der Waals surface area contributed by atoms with E-state index in [9.17, 15) is 9.90 Å². The Morgan fingerprint density at radius 2 is 2.08 bits per heavy atom. The average Bonchev–Trinajstić information content (AvgIpc) is 3.15. The number of rotatable bonds is 4. The molecule has 0 radical (unpaired) electrons. The van der Waals surface area contributed by atoms with E-state index >= 15 is 0 Å². The Kier molecular flexibility index (Phi) is 5.01. The normalized spacial score (nSPS) is 18.8. The Bertz CT molecular complexity index is 721. The third-order valence-corrected chi connectivity index (χ3v) is 5.67. The Balaban J connectivity index is 1.76. The summed E-state index contributed by atoms with van der Waals surface area (Å²) in [6.45, 7) is 7.25. The fraction of sp³-hybridized carbons (Fsp3) is 0.474. The number of benzene rings is 1. The largest absolute Gasteiger partial charge is 0.393 e. The summed E-state index contributed by atoms with van der Waals surface area (Å²) < 4.78 is 0. The van der Waals surface area contributed by atoms with Gasteiger partial charge in [-0.1, -0.05) is 29.8 Å². The van der Waals surface area contributed by atoms with Gasteiger partial charge >= 0.3 is 0 Å². The van der Waals surface area contributed by atoms with Gasteiger partial charge in [0.25, 0.3) is 0 Å². The molecule has 0 spiro atoms. The number of amides is 1. The van der Waals surface area contributed by atoms with Crippen molar-refractivity contribution in [3.05, 3.63) is 39.7 Å². The van der Waals surface area contributed by atoms with Crippen molar-refractivity contribution in [1.82, 2.24) is 9.88 Å². The minimum absolute atomic E-state index is 0.134. The number of likely N-dealkylation sites (tertiary alicyclic amines) is 1. The zero-order valence-electron chi connectivity index (χ0n) is 14.5. The topological polar surface area (TPSA) is 53.4 Å². The van der Waals surface area contributed by atoms with Crippen LogP contribution in [0.1, 0.15) is 28.8 Å². The number of hydrogen-bond donors (Lipinski definition) is 1. The molecule has 2 unspecified atom stereocenters. The van der Waals surface area contributed by atoms with Crippen LogP contribution in [0.2, 0.25) is 0 Å².